The van der Waals surface area contributed by atoms with E-state index in [9.17, 15) is 0 Å². The maximum absolute atomic E-state index is 6.52. The van der Waals surface area contributed by atoms with Gasteiger partial charge in [-0.15, -0.1) is 0 Å². The van der Waals surface area contributed by atoms with E-state index in [-0.39, 0.29) is 11.2 Å². The first kappa shape index (κ1) is 32.8. The Morgan fingerprint density at radius 1 is 0.513 bits per heavy atom. The molecule has 0 aromatic heterocycles. The first-order valence-corrected chi connectivity index (χ1v) is 23.4. The average Bonchev–Trinajstić information content (AvgIpc) is 3.02. The number of rotatable bonds is 14. The fourth-order valence-electron chi connectivity index (χ4n) is 8.89. The Morgan fingerprint density at radius 2 is 0.795 bits per heavy atom. The summed E-state index contributed by atoms with van der Waals surface area (Å²) in [7, 11) is 4.04. The number of hydrogen-bond donors (Lipinski definition) is 0. The van der Waals surface area contributed by atoms with Gasteiger partial charge in [-0.25, -0.2) is 0 Å². The van der Waals surface area contributed by atoms with E-state index in [1.54, 1.807) is 0 Å². The van der Waals surface area contributed by atoms with E-state index in [1.807, 2.05) is 14.2 Å². The molecule has 4 fully saturated rings. The molecule has 2 nitrogen and oxygen atoms in total. The molecule has 4 saturated carbocycles. The normalized spacial score (nSPS) is 25.0. The van der Waals surface area contributed by atoms with Gasteiger partial charge in [-0.3, -0.25) is 0 Å². The summed E-state index contributed by atoms with van der Waals surface area (Å²) in [6.07, 6.45) is 40.7. The van der Waals surface area contributed by atoms with Gasteiger partial charge in [0.2, 0.25) is 0 Å². The molecule has 39 heavy (non-hydrogen) atoms. The van der Waals surface area contributed by atoms with Crippen LogP contribution in [-0.2, 0) is 26.5 Å². The number of allylic oxidation sites excluding steroid dienone is 2. The number of hydrogen-bond acceptors (Lipinski definition) is 2. The molecule has 0 aromatic rings. The van der Waals surface area contributed by atoms with Crippen molar-refractivity contribution in [2.45, 2.75) is 140 Å². The third kappa shape index (κ3) is 8.97. The van der Waals surface area contributed by atoms with E-state index in [1.165, 1.54) is 141 Å². The minimum absolute atomic E-state index is 0.0175. The predicted octanol–water partition coefficient (Wildman–Crippen LogP) is 10.5. The molecule has 4 rings (SSSR count). The van der Waals surface area contributed by atoms with Crippen molar-refractivity contribution in [3.05, 3.63) is 24.3 Å². The molecule has 0 aromatic carbocycles. The molecule has 2 atom stereocenters. The van der Waals surface area contributed by atoms with Crippen LogP contribution in [0.3, 0.4) is 0 Å². The van der Waals surface area contributed by atoms with Crippen molar-refractivity contribution in [3.8, 4) is 0 Å². The van der Waals surface area contributed by atoms with Crippen molar-refractivity contribution < 1.29 is 26.5 Å². The SMILES string of the molecule is COC(C=CC[PH][Pd][PH]CC=CC(OC)(C1CCCCC1)C1CCCCC1)(C1CCCCC1)C1CCCCC1. The summed E-state index contributed by atoms with van der Waals surface area (Å²) < 4.78 is 13.0. The van der Waals surface area contributed by atoms with Crippen molar-refractivity contribution in [2.75, 3.05) is 26.5 Å². The van der Waals surface area contributed by atoms with Crippen molar-refractivity contribution >= 4 is 13.5 Å². The van der Waals surface area contributed by atoms with E-state index in [0.717, 1.165) is 54.2 Å². The fourth-order valence-corrected chi connectivity index (χ4v) is 15.8. The molecule has 0 aliphatic heterocycles. The van der Waals surface area contributed by atoms with Crippen LogP contribution in [0, 0.1) is 23.7 Å². The second kappa shape index (κ2) is 17.9. The quantitative estimate of drug-likeness (QED) is 0.0794. The number of methoxy groups -OCH3 is 2. The monoisotopic (exact) mass is 668 g/mol. The van der Waals surface area contributed by atoms with E-state index in [4.69, 9.17) is 9.47 Å². The first-order valence-electron chi connectivity index (χ1n) is 16.7. The molecule has 0 saturated heterocycles. The Balaban J connectivity index is 1.26. The Kier molecular flexibility index (Phi) is 15.1. The number of ether oxygens (including phenoxy) is 2. The third-order valence-corrected chi connectivity index (χ3v) is 19.4. The summed E-state index contributed by atoms with van der Waals surface area (Å²) in [4.78, 5) is 0. The molecule has 5 heteroatoms. The van der Waals surface area contributed by atoms with Crippen LogP contribution < -0.4 is 0 Å². The van der Waals surface area contributed by atoms with Crippen LogP contribution in [0.5, 0.6) is 0 Å². The van der Waals surface area contributed by atoms with Crippen LogP contribution in [0.4, 0.5) is 0 Å². The van der Waals surface area contributed by atoms with Gasteiger partial charge >= 0.3 is 254 Å². The predicted molar refractivity (Wildman–Crippen MR) is 170 cm³/mol. The molecular weight excluding hydrogens is 609 g/mol. The van der Waals surface area contributed by atoms with Crippen LogP contribution in [0.1, 0.15) is 128 Å². The molecule has 0 N–H and O–H groups in total. The first-order chi connectivity index (χ1) is 19.2. The Hall–Kier alpha value is 0.922. The fraction of sp³-hybridized carbons (Fsp3) is 0.882. The molecule has 0 heterocycles. The van der Waals surface area contributed by atoms with Gasteiger partial charge in [0, 0.05) is 0 Å². The van der Waals surface area contributed by atoms with Gasteiger partial charge in [-0.1, -0.05) is 0 Å². The standard InChI is InChI=1S/2C17H30OP.Pd/c2*1-18-17(13-8-14-19,15-9-4-2-5-10-15)16-11-6-3-7-12-16;/h2*8,13,15-16,19H,2-7,9-12,14H2,1H3;/q2*-1;+2. The maximum atomic E-state index is 6.52. The molecule has 228 valence electrons. The average molecular weight is 669 g/mol. The van der Waals surface area contributed by atoms with Crippen LogP contribution >= 0.6 is 13.5 Å². The second-order valence-electron chi connectivity index (χ2n) is 13.0. The Bertz CT molecular complexity index is 621. The summed E-state index contributed by atoms with van der Waals surface area (Å²) in [5.41, 5.74) is 0.0350. The van der Waals surface area contributed by atoms with E-state index in [0.29, 0.717) is 0 Å². The minimum atomic E-state index is 0.0175. The van der Waals surface area contributed by atoms with Crippen molar-refractivity contribution in [1.29, 1.82) is 0 Å². The Labute approximate surface area is 253 Å². The molecular formula is C34H60O2P2Pd. The van der Waals surface area contributed by atoms with Gasteiger partial charge in [0.1, 0.15) is 0 Å². The summed E-state index contributed by atoms with van der Waals surface area (Å²) in [5.74, 6) is 2.96. The van der Waals surface area contributed by atoms with Crippen LogP contribution in [0.25, 0.3) is 0 Å². The molecule has 4 aliphatic carbocycles. The van der Waals surface area contributed by atoms with Gasteiger partial charge in [-0.2, -0.15) is 0 Å². The van der Waals surface area contributed by atoms with Crippen molar-refractivity contribution in [1.82, 2.24) is 0 Å². The van der Waals surface area contributed by atoms with Gasteiger partial charge in [0.15, 0.2) is 0 Å². The van der Waals surface area contributed by atoms with Crippen molar-refractivity contribution in [2.24, 2.45) is 23.7 Å². The molecule has 4 aliphatic rings. The summed E-state index contributed by atoms with van der Waals surface area (Å²) in [6.45, 7) is 2.20. The molecule has 2 unspecified atom stereocenters. The summed E-state index contributed by atoms with van der Waals surface area (Å²) >= 11 is 0.903. The third-order valence-electron chi connectivity index (χ3n) is 10.9. The van der Waals surface area contributed by atoms with E-state index in [2.05, 4.69) is 24.3 Å². The molecule has 0 bridgehead atoms. The summed E-state index contributed by atoms with van der Waals surface area (Å²) in [6, 6.07) is 0. The van der Waals surface area contributed by atoms with Crippen LogP contribution in [-0.4, -0.2) is 37.7 Å². The van der Waals surface area contributed by atoms with Crippen LogP contribution in [0.15, 0.2) is 24.3 Å². The zero-order chi connectivity index (χ0) is 27.2. The Morgan fingerprint density at radius 3 is 1.05 bits per heavy atom. The van der Waals surface area contributed by atoms with Gasteiger partial charge in [0.25, 0.3) is 0 Å². The zero-order valence-electron chi connectivity index (χ0n) is 25.3. The van der Waals surface area contributed by atoms with E-state index < -0.39 is 0 Å². The van der Waals surface area contributed by atoms with Gasteiger partial charge < -0.3 is 0 Å². The van der Waals surface area contributed by atoms with Gasteiger partial charge in [0.05, 0.1) is 0 Å². The van der Waals surface area contributed by atoms with Crippen LogP contribution in [0.2, 0.25) is 0 Å². The molecule has 0 radical (unpaired) electrons. The van der Waals surface area contributed by atoms with Gasteiger partial charge in [-0.05, 0) is 0 Å². The van der Waals surface area contributed by atoms with E-state index >= 15 is 0 Å². The summed E-state index contributed by atoms with van der Waals surface area (Å²) in [5, 5.41) is 0. The second-order valence-corrected chi connectivity index (χ2v) is 21.7. The molecule has 0 amide bonds. The zero-order valence-corrected chi connectivity index (χ0v) is 28.9. The topological polar surface area (TPSA) is 18.5 Å². The van der Waals surface area contributed by atoms with Crippen molar-refractivity contribution in [3.63, 3.8) is 0 Å². The molecule has 0 spiro atoms.